The van der Waals surface area contributed by atoms with E-state index in [2.05, 4.69) is 6.92 Å². The van der Waals surface area contributed by atoms with Crippen LogP contribution in [0.2, 0.25) is 0 Å². The van der Waals surface area contributed by atoms with E-state index in [9.17, 15) is 14.4 Å². The van der Waals surface area contributed by atoms with Crippen molar-refractivity contribution in [2.24, 2.45) is 0 Å². The molecule has 2 aliphatic rings. The molecule has 6 nitrogen and oxygen atoms in total. The highest BCUT2D eigenvalue weighted by Crippen LogP contribution is 2.26. The average Bonchev–Trinajstić information content (AvgIpc) is 3.25. The first kappa shape index (κ1) is 18.6. The molecule has 1 atom stereocenters. The summed E-state index contributed by atoms with van der Waals surface area (Å²) in [6, 6.07) is 4.82. The van der Waals surface area contributed by atoms with Crippen LogP contribution in [0.5, 0.6) is 0 Å². The monoisotopic (exact) mass is 358 g/mol. The van der Waals surface area contributed by atoms with Gasteiger partial charge in [-0.25, -0.2) is 0 Å². The molecule has 26 heavy (non-hydrogen) atoms. The second kappa shape index (κ2) is 7.99. The summed E-state index contributed by atoms with van der Waals surface area (Å²) in [4.78, 5) is 41.0. The van der Waals surface area contributed by atoms with Crippen LogP contribution in [0.4, 0.5) is 0 Å². The van der Waals surface area contributed by atoms with Crippen LogP contribution in [0.25, 0.3) is 0 Å². The molecule has 1 unspecified atom stereocenters. The lowest BCUT2D eigenvalue weighted by atomic mass is 10.0. The molecule has 0 aliphatic carbocycles. The lowest BCUT2D eigenvalue weighted by molar-refractivity contribution is 0.0475. The first-order valence-electron chi connectivity index (χ1n) is 9.47. The number of hydrogen-bond acceptors (Lipinski definition) is 4. The standard InChI is InChI=1S/C20H26N2O4/c1-3-5-10-21(4-2)18(23)14-8-9-16-17(12-14)20(25)22(19(16)24)13-15-7-6-11-26-15/h8-9,12,15H,3-7,10-11,13H2,1-2H3. The molecule has 2 heterocycles. The molecular weight excluding hydrogens is 332 g/mol. The van der Waals surface area contributed by atoms with E-state index in [1.165, 1.54) is 4.90 Å². The van der Waals surface area contributed by atoms with Gasteiger partial charge in [-0.1, -0.05) is 13.3 Å². The summed E-state index contributed by atoms with van der Waals surface area (Å²) in [7, 11) is 0. The number of unbranched alkanes of at least 4 members (excludes halogenated alkanes) is 1. The van der Waals surface area contributed by atoms with E-state index < -0.39 is 0 Å². The van der Waals surface area contributed by atoms with E-state index >= 15 is 0 Å². The molecule has 0 radical (unpaired) electrons. The van der Waals surface area contributed by atoms with E-state index in [1.54, 1.807) is 23.1 Å². The average molecular weight is 358 g/mol. The number of fused-ring (bicyclic) bond motifs is 1. The third kappa shape index (κ3) is 3.51. The van der Waals surface area contributed by atoms with Gasteiger partial charge in [-0.05, 0) is 44.4 Å². The lowest BCUT2D eigenvalue weighted by Crippen LogP contribution is -2.36. The van der Waals surface area contributed by atoms with Gasteiger partial charge in [0.15, 0.2) is 0 Å². The van der Waals surface area contributed by atoms with Crippen LogP contribution >= 0.6 is 0 Å². The number of benzene rings is 1. The summed E-state index contributed by atoms with van der Waals surface area (Å²) in [5.41, 5.74) is 1.16. The number of amides is 3. The number of ether oxygens (including phenoxy) is 1. The Kier molecular flexibility index (Phi) is 5.71. The highest BCUT2D eigenvalue weighted by atomic mass is 16.5. The van der Waals surface area contributed by atoms with Crippen LogP contribution in [-0.2, 0) is 4.74 Å². The van der Waals surface area contributed by atoms with Crippen molar-refractivity contribution in [1.29, 1.82) is 0 Å². The van der Waals surface area contributed by atoms with Gasteiger partial charge >= 0.3 is 0 Å². The molecule has 140 valence electrons. The minimum Gasteiger partial charge on any atom is -0.376 e. The third-order valence-corrected chi connectivity index (χ3v) is 5.08. The maximum atomic E-state index is 12.7. The molecule has 3 rings (SSSR count). The Morgan fingerprint density at radius 1 is 1.23 bits per heavy atom. The van der Waals surface area contributed by atoms with Gasteiger partial charge in [-0.2, -0.15) is 0 Å². The fourth-order valence-corrected chi connectivity index (χ4v) is 3.52. The van der Waals surface area contributed by atoms with Crippen molar-refractivity contribution in [2.75, 3.05) is 26.2 Å². The third-order valence-electron chi connectivity index (χ3n) is 5.08. The fraction of sp³-hybridized carbons (Fsp3) is 0.550. The quantitative estimate of drug-likeness (QED) is 0.703. The lowest BCUT2D eigenvalue weighted by Gasteiger charge is -2.20. The van der Waals surface area contributed by atoms with Crippen molar-refractivity contribution in [3.8, 4) is 0 Å². The minimum atomic E-state index is -0.327. The van der Waals surface area contributed by atoms with Gasteiger partial charge in [0.25, 0.3) is 17.7 Å². The van der Waals surface area contributed by atoms with Crippen LogP contribution in [-0.4, -0.2) is 59.9 Å². The Hall–Kier alpha value is -2.21. The number of nitrogens with zero attached hydrogens (tertiary/aromatic N) is 2. The van der Waals surface area contributed by atoms with Gasteiger partial charge in [0.2, 0.25) is 0 Å². The number of carbonyl (C=O) groups excluding carboxylic acids is 3. The minimum absolute atomic E-state index is 0.0806. The molecule has 6 heteroatoms. The molecular formula is C20H26N2O4. The Morgan fingerprint density at radius 3 is 2.65 bits per heavy atom. The molecule has 1 aromatic carbocycles. The van der Waals surface area contributed by atoms with Gasteiger partial charge in [0, 0.05) is 25.3 Å². The van der Waals surface area contributed by atoms with Gasteiger partial charge in [0.05, 0.1) is 23.8 Å². The molecule has 1 aromatic rings. The number of carbonyl (C=O) groups is 3. The van der Waals surface area contributed by atoms with Gasteiger partial charge < -0.3 is 9.64 Å². The highest BCUT2D eigenvalue weighted by Gasteiger charge is 2.38. The number of hydrogen-bond donors (Lipinski definition) is 0. The Labute approximate surface area is 154 Å². The summed E-state index contributed by atoms with van der Waals surface area (Å²) in [6.07, 6.45) is 3.69. The fourth-order valence-electron chi connectivity index (χ4n) is 3.52. The topological polar surface area (TPSA) is 66.9 Å². The molecule has 0 bridgehead atoms. The van der Waals surface area contributed by atoms with E-state index in [0.29, 0.717) is 36.4 Å². The van der Waals surface area contributed by atoms with Crippen molar-refractivity contribution in [2.45, 2.75) is 45.6 Å². The summed E-state index contributed by atoms with van der Waals surface area (Å²) in [6.45, 7) is 6.30. The van der Waals surface area contributed by atoms with Gasteiger partial charge in [0.1, 0.15) is 0 Å². The van der Waals surface area contributed by atoms with E-state index in [4.69, 9.17) is 4.74 Å². The van der Waals surface area contributed by atoms with Crippen LogP contribution in [0.3, 0.4) is 0 Å². The zero-order chi connectivity index (χ0) is 18.7. The normalized spacial score (nSPS) is 19.2. The molecule has 0 aromatic heterocycles. The SMILES string of the molecule is CCCCN(CC)C(=O)c1ccc2c(c1)C(=O)N(CC1CCCO1)C2=O. The van der Waals surface area contributed by atoms with Crippen molar-refractivity contribution in [1.82, 2.24) is 9.80 Å². The zero-order valence-electron chi connectivity index (χ0n) is 15.5. The molecule has 3 amide bonds. The second-order valence-corrected chi connectivity index (χ2v) is 6.85. The molecule has 1 saturated heterocycles. The number of imide groups is 1. The predicted molar refractivity (Wildman–Crippen MR) is 97.3 cm³/mol. The van der Waals surface area contributed by atoms with Crippen LogP contribution in [0.1, 0.15) is 70.6 Å². The molecule has 0 spiro atoms. The van der Waals surface area contributed by atoms with E-state index in [1.807, 2.05) is 6.92 Å². The number of rotatable bonds is 7. The summed E-state index contributed by atoms with van der Waals surface area (Å²) >= 11 is 0. The Balaban J connectivity index is 1.79. The summed E-state index contributed by atoms with van der Waals surface area (Å²) < 4.78 is 5.55. The first-order valence-corrected chi connectivity index (χ1v) is 9.47. The summed E-state index contributed by atoms with van der Waals surface area (Å²) in [5.74, 6) is -0.717. The molecule has 2 aliphatic heterocycles. The zero-order valence-corrected chi connectivity index (χ0v) is 15.5. The smallest absolute Gasteiger partial charge is 0.261 e. The van der Waals surface area contributed by atoms with Gasteiger partial charge in [-0.3, -0.25) is 19.3 Å². The Morgan fingerprint density at radius 2 is 2.00 bits per heavy atom. The van der Waals surface area contributed by atoms with Gasteiger partial charge in [-0.15, -0.1) is 0 Å². The summed E-state index contributed by atoms with van der Waals surface area (Å²) in [5, 5.41) is 0. The maximum Gasteiger partial charge on any atom is 0.261 e. The molecule has 0 saturated carbocycles. The predicted octanol–water partition coefficient (Wildman–Crippen LogP) is 2.72. The van der Waals surface area contributed by atoms with E-state index in [-0.39, 0.29) is 30.4 Å². The van der Waals surface area contributed by atoms with Crippen molar-refractivity contribution in [3.63, 3.8) is 0 Å². The van der Waals surface area contributed by atoms with Crippen molar-refractivity contribution in [3.05, 3.63) is 34.9 Å². The highest BCUT2D eigenvalue weighted by molar-refractivity contribution is 6.22. The van der Waals surface area contributed by atoms with Crippen molar-refractivity contribution >= 4 is 17.7 Å². The second-order valence-electron chi connectivity index (χ2n) is 6.85. The Bertz CT molecular complexity index is 710. The molecule has 0 N–H and O–H groups in total. The van der Waals surface area contributed by atoms with Crippen molar-refractivity contribution < 1.29 is 19.1 Å². The van der Waals surface area contributed by atoms with Crippen LogP contribution in [0, 0.1) is 0 Å². The van der Waals surface area contributed by atoms with Crippen LogP contribution in [0.15, 0.2) is 18.2 Å². The van der Waals surface area contributed by atoms with Crippen LogP contribution < -0.4 is 0 Å². The maximum absolute atomic E-state index is 12.7. The largest absolute Gasteiger partial charge is 0.376 e. The molecule has 1 fully saturated rings. The van der Waals surface area contributed by atoms with E-state index in [0.717, 1.165) is 25.7 Å². The first-order chi connectivity index (χ1) is 12.6.